The minimum absolute atomic E-state index is 0.195. The summed E-state index contributed by atoms with van der Waals surface area (Å²) >= 11 is 0. The molecule has 0 aliphatic carbocycles. The molecule has 0 fully saturated rings. The van der Waals surface area contributed by atoms with Gasteiger partial charge in [0.1, 0.15) is 17.4 Å². The second-order valence-corrected chi connectivity index (χ2v) is 6.57. The molecular weight excluding hydrogens is 373 g/mol. The van der Waals surface area contributed by atoms with E-state index in [-0.39, 0.29) is 18.3 Å². The zero-order chi connectivity index (χ0) is 20.2. The zero-order valence-corrected chi connectivity index (χ0v) is 15.5. The van der Waals surface area contributed by atoms with Crippen LogP contribution in [0.4, 0.5) is 27.3 Å². The summed E-state index contributed by atoms with van der Waals surface area (Å²) in [6, 6.07) is 15.3. The van der Waals surface area contributed by atoms with E-state index in [1.165, 1.54) is 12.1 Å². The lowest BCUT2D eigenvalue weighted by atomic mass is 10.1. The number of benzene rings is 2. The number of aromatic nitrogens is 1. The fourth-order valence-electron chi connectivity index (χ4n) is 3.03. The van der Waals surface area contributed by atoms with Crippen molar-refractivity contribution < 1.29 is 13.9 Å². The summed E-state index contributed by atoms with van der Waals surface area (Å²) in [6.45, 7) is 0.541. The first-order chi connectivity index (χ1) is 14.1. The van der Waals surface area contributed by atoms with Crippen LogP contribution in [-0.4, -0.2) is 23.5 Å². The van der Waals surface area contributed by atoms with Crippen molar-refractivity contribution in [1.29, 1.82) is 0 Å². The summed E-state index contributed by atoms with van der Waals surface area (Å²) < 4.78 is 20.0. The minimum atomic E-state index is -0.688. The maximum Gasteiger partial charge on any atom is 0.267 e. The van der Waals surface area contributed by atoms with Crippen LogP contribution in [0.5, 0.6) is 5.75 Å². The van der Waals surface area contributed by atoms with Gasteiger partial charge < -0.3 is 26.4 Å². The number of fused-ring (bicyclic) bond motifs is 1. The Kier molecular flexibility index (Phi) is 5.15. The van der Waals surface area contributed by atoms with Crippen molar-refractivity contribution in [2.24, 2.45) is 0 Å². The summed E-state index contributed by atoms with van der Waals surface area (Å²) in [7, 11) is 0. The normalized spacial score (nSPS) is 14.9. The maximum absolute atomic E-state index is 14.2. The molecule has 0 radical (unpaired) electrons. The van der Waals surface area contributed by atoms with Gasteiger partial charge in [-0.25, -0.2) is 9.37 Å². The number of hydrogen-bond acceptors (Lipinski definition) is 6. The number of halogens is 1. The van der Waals surface area contributed by atoms with Crippen LogP contribution in [0.3, 0.4) is 0 Å². The van der Waals surface area contributed by atoms with Crippen LogP contribution in [0, 0.1) is 5.82 Å². The van der Waals surface area contributed by atoms with Gasteiger partial charge >= 0.3 is 0 Å². The third-order valence-electron chi connectivity index (χ3n) is 4.55. The first-order valence-electron chi connectivity index (χ1n) is 9.13. The van der Waals surface area contributed by atoms with Crippen molar-refractivity contribution >= 4 is 28.8 Å². The van der Waals surface area contributed by atoms with Crippen molar-refractivity contribution in [1.82, 2.24) is 4.98 Å². The van der Waals surface area contributed by atoms with Crippen LogP contribution in [0.25, 0.3) is 0 Å². The van der Waals surface area contributed by atoms with Gasteiger partial charge in [0.2, 0.25) is 0 Å². The number of nitrogens with two attached hydrogens (primary N) is 1. The molecule has 5 N–H and O–H groups in total. The van der Waals surface area contributed by atoms with Gasteiger partial charge in [0.15, 0.2) is 6.10 Å². The molecule has 1 unspecified atom stereocenters. The lowest BCUT2D eigenvalue weighted by Crippen LogP contribution is -2.41. The maximum atomic E-state index is 14.2. The lowest BCUT2D eigenvalue weighted by Gasteiger charge is -2.26. The molecule has 0 saturated carbocycles. The number of amides is 1. The zero-order valence-electron chi connectivity index (χ0n) is 15.5. The predicted octanol–water partition coefficient (Wildman–Crippen LogP) is 3.23. The topological polar surface area (TPSA) is 101 Å². The molecule has 148 valence electrons. The van der Waals surface area contributed by atoms with E-state index in [1.807, 2.05) is 18.2 Å². The summed E-state index contributed by atoms with van der Waals surface area (Å²) in [5, 5.41) is 9.00. The van der Waals surface area contributed by atoms with E-state index >= 15 is 0 Å². The van der Waals surface area contributed by atoms with Gasteiger partial charge in [-0.2, -0.15) is 0 Å². The molecule has 1 atom stereocenters. The van der Waals surface area contributed by atoms with Crippen LogP contribution in [-0.2, 0) is 11.3 Å². The quantitative estimate of drug-likeness (QED) is 0.531. The minimum Gasteiger partial charge on any atom is -0.477 e. The van der Waals surface area contributed by atoms with E-state index in [9.17, 15) is 9.18 Å². The Morgan fingerprint density at radius 3 is 2.97 bits per heavy atom. The van der Waals surface area contributed by atoms with E-state index in [4.69, 9.17) is 10.5 Å². The van der Waals surface area contributed by atoms with Gasteiger partial charge in [0.05, 0.1) is 17.9 Å². The number of nitrogens with one attached hydrogen (secondary N) is 3. The Bertz CT molecular complexity index is 1040. The Balaban J connectivity index is 1.42. The molecule has 0 saturated heterocycles. The molecule has 0 spiro atoms. The van der Waals surface area contributed by atoms with Gasteiger partial charge in [-0.15, -0.1) is 0 Å². The fraction of sp³-hybridized carbons (Fsp3) is 0.143. The highest BCUT2D eigenvalue weighted by Gasteiger charge is 2.25. The van der Waals surface area contributed by atoms with Crippen LogP contribution >= 0.6 is 0 Å². The highest BCUT2D eigenvalue weighted by molar-refractivity contribution is 5.95. The number of rotatable bonds is 5. The molecule has 1 aliphatic heterocycles. The van der Waals surface area contributed by atoms with Crippen LogP contribution < -0.4 is 26.4 Å². The van der Waals surface area contributed by atoms with Crippen LogP contribution in [0.2, 0.25) is 0 Å². The number of para-hydroxylation sites is 2. The van der Waals surface area contributed by atoms with E-state index in [1.54, 1.807) is 30.5 Å². The number of ether oxygens (including phenoxy) is 1. The van der Waals surface area contributed by atoms with Gasteiger partial charge in [0.25, 0.3) is 5.91 Å². The highest BCUT2D eigenvalue weighted by Crippen LogP contribution is 2.28. The monoisotopic (exact) mass is 393 g/mol. The van der Waals surface area contributed by atoms with Gasteiger partial charge in [-0.05, 0) is 42.5 Å². The van der Waals surface area contributed by atoms with Crippen LogP contribution in [0.15, 0.2) is 60.8 Å². The standard InChI is InChI=1S/C21H20FN5O2/c22-15-8-7-14(10-13(15)11-25-17-5-3-9-24-20(17)23)27-21(28)19-12-26-16-4-1-2-6-18(16)29-19/h1-10,19,25-26H,11-12H2,(H2,23,24)(H,27,28). The second kappa shape index (κ2) is 8.05. The smallest absolute Gasteiger partial charge is 0.267 e. The first-order valence-corrected chi connectivity index (χ1v) is 9.13. The van der Waals surface area contributed by atoms with Crippen molar-refractivity contribution in [3.63, 3.8) is 0 Å². The number of nitrogen functional groups attached to an aromatic ring is 1. The number of carbonyl (C=O) groups is 1. The number of pyridine rings is 1. The summed E-state index contributed by atoms with van der Waals surface area (Å²) in [5.74, 6) is 0.257. The Morgan fingerprint density at radius 2 is 2.10 bits per heavy atom. The van der Waals surface area contributed by atoms with Crippen molar-refractivity contribution in [3.8, 4) is 5.75 Å². The van der Waals surface area contributed by atoms with E-state index in [2.05, 4.69) is 20.9 Å². The van der Waals surface area contributed by atoms with Gasteiger partial charge in [-0.1, -0.05) is 12.1 Å². The molecule has 2 aromatic carbocycles. The average molecular weight is 393 g/mol. The fourth-order valence-corrected chi connectivity index (χ4v) is 3.03. The molecule has 29 heavy (non-hydrogen) atoms. The third kappa shape index (κ3) is 4.21. The first kappa shape index (κ1) is 18.5. The molecule has 2 heterocycles. The molecule has 0 bridgehead atoms. The SMILES string of the molecule is Nc1ncccc1NCc1cc(NC(=O)C2CNc3ccccc3O2)ccc1F. The lowest BCUT2D eigenvalue weighted by molar-refractivity contribution is -0.122. The van der Waals surface area contributed by atoms with Gasteiger partial charge in [0, 0.05) is 24.0 Å². The molecule has 4 rings (SSSR count). The summed E-state index contributed by atoms with van der Waals surface area (Å²) in [5.41, 5.74) is 8.12. The number of carbonyl (C=O) groups excluding carboxylic acids is 1. The van der Waals surface area contributed by atoms with E-state index in [0.29, 0.717) is 35.1 Å². The van der Waals surface area contributed by atoms with Crippen molar-refractivity contribution in [3.05, 3.63) is 72.2 Å². The summed E-state index contributed by atoms with van der Waals surface area (Å²) in [4.78, 5) is 16.6. The van der Waals surface area contributed by atoms with E-state index < -0.39 is 6.10 Å². The van der Waals surface area contributed by atoms with Crippen molar-refractivity contribution in [2.45, 2.75) is 12.6 Å². The molecule has 1 amide bonds. The molecule has 1 aliphatic rings. The molecule has 1 aromatic heterocycles. The predicted molar refractivity (Wildman–Crippen MR) is 110 cm³/mol. The molecule has 8 heteroatoms. The molecule has 3 aromatic rings. The highest BCUT2D eigenvalue weighted by atomic mass is 19.1. The third-order valence-corrected chi connectivity index (χ3v) is 4.55. The molecular formula is C21H20FN5O2. The Labute approximate surface area is 167 Å². The second-order valence-electron chi connectivity index (χ2n) is 6.57. The van der Waals surface area contributed by atoms with Gasteiger partial charge in [-0.3, -0.25) is 4.79 Å². The van der Waals surface area contributed by atoms with Crippen molar-refractivity contribution in [2.75, 3.05) is 28.2 Å². The average Bonchev–Trinajstić information content (AvgIpc) is 2.74. The number of anilines is 4. The molecule has 7 nitrogen and oxygen atoms in total. The number of nitrogens with zero attached hydrogens (tertiary/aromatic N) is 1. The Morgan fingerprint density at radius 1 is 1.24 bits per heavy atom. The largest absolute Gasteiger partial charge is 0.477 e. The summed E-state index contributed by atoms with van der Waals surface area (Å²) in [6.07, 6.45) is 0.893. The number of hydrogen-bond donors (Lipinski definition) is 4. The van der Waals surface area contributed by atoms with Crippen LogP contribution in [0.1, 0.15) is 5.56 Å². The van der Waals surface area contributed by atoms with E-state index in [0.717, 1.165) is 5.69 Å². The Hall–Kier alpha value is -3.81.